The molecule has 0 heterocycles. The molecule has 5 aliphatic rings. The van der Waals surface area contributed by atoms with Crippen molar-refractivity contribution in [2.75, 3.05) is 0 Å². The van der Waals surface area contributed by atoms with E-state index in [1.807, 2.05) is 0 Å². The van der Waals surface area contributed by atoms with Gasteiger partial charge in [0.1, 0.15) is 0 Å². The van der Waals surface area contributed by atoms with E-state index < -0.39 is 0 Å². The van der Waals surface area contributed by atoms with Crippen molar-refractivity contribution in [2.45, 2.75) is 47.0 Å². The van der Waals surface area contributed by atoms with E-state index in [2.05, 4.69) is 82.7 Å². The molecule has 3 fully saturated rings. The van der Waals surface area contributed by atoms with Gasteiger partial charge in [-0.1, -0.05) is 89.1 Å². The first-order chi connectivity index (χ1) is 11.9. The largest absolute Gasteiger partial charge is 0.0805 e. The highest BCUT2D eigenvalue weighted by atomic mass is 14.7. The minimum Gasteiger partial charge on any atom is -0.0805 e. The highest BCUT2D eigenvalue weighted by molar-refractivity contribution is 5.40. The Bertz CT molecular complexity index is 693. The second-order valence-corrected chi connectivity index (χ2v) is 10.2. The lowest BCUT2D eigenvalue weighted by Crippen LogP contribution is -2.61. The van der Waals surface area contributed by atoms with Crippen LogP contribution < -0.4 is 0 Å². The Kier molecular flexibility index (Phi) is 3.24. The lowest BCUT2D eigenvalue weighted by molar-refractivity contribution is -0.114. The zero-order valence-electron chi connectivity index (χ0n) is 16.3. The number of rotatable bonds is 0. The van der Waals surface area contributed by atoms with Crippen molar-refractivity contribution in [1.29, 1.82) is 0 Å². The molecule has 0 heteroatoms. The third-order valence-electron chi connectivity index (χ3n) is 9.52. The summed E-state index contributed by atoms with van der Waals surface area (Å²) in [6.07, 6.45) is 26.6. The molecular formula is C25H33. The third kappa shape index (κ3) is 1.75. The van der Waals surface area contributed by atoms with Crippen molar-refractivity contribution in [3.05, 3.63) is 55.0 Å². The Morgan fingerprint density at radius 2 is 1.60 bits per heavy atom. The van der Waals surface area contributed by atoms with Crippen LogP contribution in [0.5, 0.6) is 0 Å². The minimum absolute atomic E-state index is 0.201. The summed E-state index contributed by atoms with van der Waals surface area (Å²) in [4.78, 5) is 0. The van der Waals surface area contributed by atoms with E-state index in [4.69, 9.17) is 0 Å². The summed E-state index contributed by atoms with van der Waals surface area (Å²) < 4.78 is 0. The van der Waals surface area contributed by atoms with Crippen LogP contribution in [0.25, 0.3) is 0 Å². The van der Waals surface area contributed by atoms with Gasteiger partial charge in [0.15, 0.2) is 0 Å². The predicted molar refractivity (Wildman–Crippen MR) is 106 cm³/mol. The van der Waals surface area contributed by atoms with Gasteiger partial charge < -0.3 is 0 Å². The summed E-state index contributed by atoms with van der Waals surface area (Å²) in [6.45, 7) is 10.3. The fourth-order valence-electron chi connectivity index (χ4n) is 8.07. The molecule has 0 bridgehead atoms. The first kappa shape index (κ1) is 16.2. The number of allylic oxidation sites excluding steroid dienone is 8. The van der Waals surface area contributed by atoms with Crippen LogP contribution in [-0.2, 0) is 0 Å². The van der Waals surface area contributed by atoms with Crippen LogP contribution in [0.1, 0.15) is 47.0 Å². The molecule has 0 aromatic carbocycles. The molecule has 0 amide bonds. The van der Waals surface area contributed by atoms with Crippen LogP contribution in [0.2, 0.25) is 0 Å². The van der Waals surface area contributed by atoms with Crippen molar-refractivity contribution < 1.29 is 0 Å². The van der Waals surface area contributed by atoms with E-state index in [-0.39, 0.29) is 16.2 Å². The first-order valence-corrected chi connectivity index (χ1v) is 10.5. The normalized spacial score (nSPS) is 58.4. The van der Waals surface area contributed by atoms with E-state index in [0.717, 1.165) is 23.7 Å². The number of hydrogen-bond donors (Lipinski definition) is 0. The van der Waals surface area contributed by atoms with Gasteiger partial charge in [0.2, 0.25) is 0 Å². The average molecular weight is 334 g/mol. The quantitative estimate of drug-likeness (QED) is 0.482. The van der Waals surface area contributed by atoms with E-state index in [1.165, 1.54) is 19.3 Å². The predicted octanol–water partition coefficient (Wildman–Crippen LogP) is 6.39. The Labute approximate surface area is 154 Å². The fraction of sp³-hybridized carbons (Fsp3) is 0.640. The molecule has 9 atom stereocenters. The molecule has 1 radical (unpaired) electrons. The SMILES string of the molecule is CC1CCCC2[CH]C3(C)C(C4C=CC=CC4C4(C)C=CC=CC34C)C12. The van der Waals surface area contributed by atoms with E-state index in [1.54, 1.807) is 0 Å². The van der Waals surface area contributed by atoms with Crippen LogP contribution in [0.4, 0.5) is 0 Å². The standard InChI is InChI=1S/C25H33/c1-17-10-9-11-18-16-24(3)22(21(17)18)19-12-5-6-13-20(19)23(2)14-7-8-15-25(23,24)4/h5-8,12-22H,9-11H2,1-4H3. The van der Waals surface area contributed by atoms with Crippen LogP contribution in [0.15, 0.2) is 48.6 Å². The lowest BCUT2D eigenvalue weighted by atomic mass is 9.37. The van der Waals surface area contributed by atoms with Crippen LogP contribution in [0.3, 0.4) is 0 Å². The number of fused-ring (bicyclic) bond motifs is 8. The maximum atomic E-state index is 2.85. The molecule has 5 aliphatic carbocycles. The molecule has 0 spiro atoms. The minimum atomic E-state index is 0.201. The van der Waals surface area contributed by atoms with Crippen molar-refractivity contribution in [3.8, 4) is 0 Å². The molecule has 133 valence electrons. The van der Waals surface area contributed by atoms with Crippen molar-refractivity contribution in [1.82, 2.24) is 0 Å². The van der Waals surface area contributed by atoms with Crippen LogP contribution in [0, 0.1) is 58.2 Å². The van der Waals surface area contributed by atoms with Gasteiger partial charge in [-0.2, -0.15) is 0 Å². The van der Waals surface area contributed by atoms with Crippen molar-refractivity contribution in [3.63, 3.8) is 0 Å². The zero-order valence-corrected chi connectivity index (χ0v) is 16.3. The van der Waals surface area contributed by atoms with E-state index in [9.17, 15) is 0 Å². The Morgan fingerprint density at radius 1 is 0.840 bits per heavy atom. The highest BCUT2D eigenvalue weighted by Gasteiger charge is 2.71. The third-order valence-corrected chi connectivity index (χ3v) is 9.52. The summed E-state index contributed by atoms with van der Waals surface area (Å²) in [5.74, 6) is 4.69. The second-order valence-electron chi connectivity index (χ2n) is 10.2. The van der Waals surface area contributed by atoms with Crippen molar-refractivity contribution >= 4 is 0 Å². The van der Waals surface area contributed by atoms with Gasteiger partial charge in [-0.15, -0.1) is 0 Å². The van der Waals surface area contributed by atoms with E-state index >= 15 is 0 Å². The van der Waals surface area contributed by atoms with Gasteiger partial charge >= 0.3 is 0 Å². The van der Waals surface area contributed by atoms with Gasteiger partial charge in [-0.05, 0) is 53.8 Å². The molecule has 0 aliphatic heterocycles. The van der Waals surface area contributed by atoms with Gasteiger partial charge in [0.05, 0.1) is 0 Å². The molecular weight excluding hydrogens is 300 g/mol. The van der Waals surface area contributed by atoms with Gasteiger partial charge in [-0.3, -0.25) is 0 Å². The summed E-state index contributed by atoms with van der Waals surface area (Å²) in [5, 5.41) is 0. The first-order valence-electron chi connectivity index (χ1n) is 10.5. The van der Waals surface area contributed by atoms with Gasteiger partial charge in [0, 0.05) is 10.8 Å². The molecule has 0 N–H and O–H groups in total. The fourth-order valence-corrected chi connectivity index (χ4v) is 8.07. The summed E-state index contributed by atoms with van der Waals surface area (Å²) in [5.41, 5.74) is 0.687. The smallest absolute Gasteiger partial charge is 0.00189 e. The van der Waals surface area contributed by atoms with Crippen LogP contribution >= 0.6 is 0 Å². The molecule has 3 saturated carbocycles. The highest BCUT2D eigenvalue weighted by Crippen LogP contribution is 2.76. The summed E-state index contributed by atoms with van der Waals surface area (Å²) in [7, 11) is 0. The second kappa shape index (κ2) is 5.02. The molecule has 0 nitrogen and oxygen atoms in total. The molecule has 0 aromatic rings. The maximum absolute atomic E-state index is 2.85. The monoisotopic (exact) mass is 333 g/mol. The zero-order chi connectivity index (χ0) is 17.4. The molecule has 5 rings (SSSR count). The maximum Gasteiger partial charge on any atom is 0.00189 e. The van der Waals surface area contributed by atoms with E-state index in [0.29, 0.717) is 11.8 Å². The van der Waals surface area contributed by atoms with Crippen molar-refractivity contribution in [2.24, 2.45) is 51.8 Å². The summed E-state index contributed by atoms with van der Waals surface area (Å²) >= 11 is 0. The lowest BCUT2D eigenvalue weighted by Gasteiger charge is -2.66. The van der Waals surface area contributed by atoms with Gasteiger partial charge in [-0.25, -0.2) is 0 Å². The Balaban J connectivity index is 1.73. The topological polar surface area (TPSA) is 0 Å². The molecule has 0 saturated heterocycles. The average Bonchev–Trinajstić information content (AvgIpc) is 2.92. The molecule has 25 heavy (non-hydrogen) atoms. The van der Waals surface area contributed by atoms with Gasteiger partial charge in [0.25, 0.3) is 0 Å². The Morgan fingerprint density at radius 3 is 2.44 bits per heavy atom. The number of hydrogen-bond acceptors (Lipinski definition) is 0. The molecule has 9 unspecified atom stereocenters. The summed E-state index contributed by atoms with van der Waals surface area (Å²) in [6, 6.07) is 0. The molecule has 0 aromatic heterocycles. The van der Waals surface area contributed by atoms with Crippen LogP contribution in [-0.4, -0.2) is 0 Å². The Hall–Kier alpha value is -1.04.